The van der Waals surface area contributed by atoms with Gasteiger partial charge in [0.05, 0.1) is 12.6 Å². The summed E-state index contributed by atoms with van der Waals surface area (Å²) in [5.41, 5.74) is 1.70. The molecule has 0 amide bonds. The van der Waals surface area contributed by atoms with Crippen molar-refractivity contribution in [2.24, 2.45) is 12.0 Å². The number of aliphatic imine (C=N–C) groups is 1. The SMILES string of the molecule is Cc1nnc(CN=C(NCC2(c3ccccc3F)CC2)NC2CCOc3ccccc32)n1C.I. The maximum Gasteiger partial charge on any atom is 0.192 e. The Hall–Kier alpha value is -2.69. The second-order valence-corrected chi connectivity index (χ2v) is 8.87. The van der Waals surface area contributed by atoms with Crippen molar-refractivity contribution >= 4 is 29.9 Å². The summed E-state index contributed by atoms with van der Waals surface area (Å²) in [6.45, 7) is 3.57. The highest BCUT2D eigenvalue weighted by Crippen LogP contribution is 2.48. The number of nitrogens with one attached hydrogen (secondary N) is 2. The van der Waals surface area contributed by atoms with Crippen molar-refractivity contribution < 1.29 is 9.13 Å². The number of aryl methyl sites for hydroxylation is 1. The van der Waals surface area contributed by atoms with Gasteiger partial charge >= 0.3 is 0 Å². The van der Waals surface area contributed by atoms with Gasteiger partial charge in [-0.05, 0) is 37.5 Å². The fraction of sp³-hybridized carbons (Fsp3) is 0.400. The molecule has 1 saturated carbocycles. The molecule has 0 saturated heterocycles. The molecule has 1 aromatic heterocycles. The van der Waals surface area contributed by atoms with Crippen LogP contribution >= 0.6 is 24.0 Å². The van der Waals surface area contributed by atoms with E-state index in [1.165, 1.54) is 6.07 Å². The monoisotopic (exact) mass is 576 g/mol. The summed E-state index contributed by atoms with van der Waals surface area (Å²) < 4.78 is 22.3. The molecule has 2 N–H and O–H groups in total. The molecule has 3 aromatic rings. The van der Waals surface area contributed by atoms with Crippen LogP contribution in [0.15, 0.2) is 53.5 Å². The van der Waals surface area contributed by atoms with Crippen molar-refractivity contribution in [2.45, 2.75) is 44.2 Å². The number of hydrogen-bond donors (Lipinski definition) is 2. The fourth-order valence-corrected chi connectivity index (χ4v) is 4.38. The zero-order valence-electron chi connectivity index (χ0n) is 19.4. The Kier molecular flexibility index (Phi) is 7.39. The zero-order chi connectivity index (χ0) is 22.8. The van der Waals surface area contributed by atoms with Gasteiger partial charge in [-0.3, -0.25) is 0 Å². The summed E-state index contributed by atoms with van der Waals surface area (Å²) in [6.07, 6.45) is 2.74. The highest BCUT2D eigenvalue weighted by atomic mass is 127. The lowest BCUT2D eigenvalue weighted by Crippen LogP contribution is -2.44. The number of nitrogens with zero attached hydrogens (tertiary/aromatic N) is 4. The number of halogens is 2. The van der Waals surface area contributed by atoms with Crippen LogP contribution in [0.5, 0.6) is 5.75 Å². The number of para-hydroxylation sites is 1. The Morgan fingerprint density at radius 2 is 1.94 bits per heavy atom. The van der Waals surface area contributed by atoms with Crippen molar-refractivity contribution in [1.29, 1.82) is 0 Å². The highest BCUT2D eigenvalue weighted by Gasteiger charge is 2.46. The summed E-state index contributed by atoms with van der Waals surface area (Å²) >= 11 is 0. The predicted octanol–water partition coefficient (Wildman–Crippen LogP) is 4.17. The molecular weight excluding hydrogens is 546 g/mol. The van der Waals surface area contributed by atoms with E-state index in [2.05, 4.69) is 26.9 Å². The molecule has 2 heterocycles. The highest BCUT2D eigenvalue weighted by molar-refractivity contribution is 14.0. The molecule has 7 nitrogen and oxygen atoms in total. The van der Waals surface area contributed by atoms with Gasteiger partial charge in [0.15, 0.2) is 11.8 Å². The number of benzene rings is 2. The van der Waals surface area contributed by atoms with Crippen molar-refractivity contribution in [3.63, 3.8) is 0 Å². The molecule has 2 aliphatic rings. The third kappa shape index (κ3) is 5.03. The normalized spacial score (nSPS) is 18.3. The molecule has 1 fully saturated rings. The molecule has 5 rings (SSSR count). The van der Waals surface area contributed by atoms with Crippen LogP contribution in [-0.2, 0) is 19.0 Å². The number of hydrogen-bond acceptors (Lipinski definition) is 4. The van der Waals surface area contributed by atoms with Crippen LogP contribution < -0.4 is 15.4 Å². The van der Waals surface area contributed by atoms with Gasteiger partial charge in [-0.2, -0.15) is 0 Å². The van der Waals surface area contributed by atoms with Gasteiger partial charge in [0.1, 0.15) is 23.9 Å². The standard InChI is InChI=1S/C25H29FN6O.HI/c1-17-30-31-23(32(17)2)15-27-24(29-21-11-14-33-22-10-6-3-7-18(21)22)28-16-25(12-13-25)19-8-4-5-9-20(19)26;/h3-10,21H,11-16H2,1-2H3,(H2,27,28,29);1H. The van der Waals surface area contributed by atoms with Crippen LogP contribution in [0.25, 0.3) is 0 Å². The number of guanidine groups is 1. The van der Waals surface area contributed by atoms with Crippen LogP contribution in [0.3, 0.4) is 0 Å². The van der Waals surface area contributed by atoms with E-state index in [9.17, 15) is 4.39 Å². The summed E-state index contributed by atoms with van der Waals surface area (Å²) in [5.74, 6) is 3.07. The van der Waals surface area contributed by atoms with E-state index in [4.69, 9.17) is 9.73 Å². The smallest absolute Gasteiger partial charge is 0.192 e. The van der Waals surface area contributed by atoms with Crippen molar-refractivity contribution in [2.75, 3.05) is 13.2 Å². The molecule has 1 aliphatic carbocycles. The van der Waals surface area contributed by atoms with Gasteiger partial charge in [-0.25, -0.2) is 9.38 Å². The number of rotatable bonds is 6. The molecule has 1 unspecified atom stereocenters. The van der Waals surface area contributed by atoms with E-state index in [1.807, 2.05) is 48.9 Å². The van der Waals surface area contributed by atoms with Gasteiger partial charge in [0, 0.05) is 31.0 Å². The average molecular weight is 576 g/mol. The second kappa shape index (κ2) is 10.3. The first kappa shape index (κ1) is 24.4. The zero-order valence-corrected chi connectivity index (χ0v) is 21.8. The van der Waals surface area contributed by atoms with Crippen LogP contribution in [-0.4, -0.2) is 33.9 Å². The molecule has 180 valence electrons. The lowest BCUT2D eigenvalue weighted by Gasteiger charge is -2.29. The first-order valence-corrected chi connectivity index (χ1v) is 11.4. The quantitative estimate of drug-likeness (QED) is 0.262. The number of fused-ring (bicyclic) bond motifs is 1. The third-order valence-corrected chi connectivity index (χ3v) is 6.72. The molecule has 1 aliphatic heterocycles. The van der Waals surface area contributed by atoms with Gasteiger partial charge in [-0.1, -0.05) is 36.4 Å². The Morgan fingerprint density at radius 1 is 1.18 bits per heavy atom. The fourth-order valence-electron chi connectivity index (χ4n) is 4.38. The van der Waals surface area contributed by atoms with Gasteiger partial charge < -0.3 is 19.9 Å². The molecule has 0 radical (unpaired) electrons. The Bertz CT molecular complexity index is 1180. The molecule has 9 heteroatoms. The maximum atomic E-state index is 14.5. The van der Waals surface area contributed by atoms with Crippen LogP contribution in [0.2, 0.25) is 0 Å². The second-order valence-electron chi connectivity index (χ2n) is 8.87. The molecule has 1 atom stereocenters. The van der Waals surface area contributed by atoms with Crippen LogP contribution in [0.1, 0.15) is 48.1 Å². The number of aromatic nitrogens is 3. The van der Waals surface area contributed by atoms with E-state index in [-0.39, 0.29) is 41.3 Å². The van der Waals surface area contributed by atoms with Crippen LogP contribution in [0, 0.1) is 12.7 Å². The third-order valence-electron chi connectivity index (χ3n) is 6.72. The Labute approximate surface area is 216 Å². The molecule has 0 spiro atoms. The lowest BCUT2D eigenvalue weighted by molar-refractivity contribution is 0.261. The minimum atomic E-state index is -0.192. The van der Waals surface area contributed by atoms with E-state index in [0.717, 1.165) is 47.8 Å². The summed E-state index contributed by atoms with van der Waals surface area (Å²) in [7, 11) is 1.94. The molecule has 34 heavy (non-hydrogen) atoms. The van der Waals surface area contributed by atoms with Crippen molar-refractivity contribution in [3.8, 4) is 5.75 Å². The minimum Gasteiger partial charge on any atom is -0.493 e. The Morgan fingerprint density at radius 3 is 2.68 bits per heavy atom. The molecular formula is C25H30FIN6O. The van der Waals surface area contributed by atoms with E-state index in [1.54, 1.807) is 6.07 Å². The Balaban J connectivity index is 0.00000274. The first-order chi connectivity index (χ1) is 16.1. The van der Waals surface area contributed by atoms with Gasteiger partial charge in [-0.15, -0.1) is 34.2 Å². The van der Waals surface area contributed by atoms with E-state index >= 15 is 0 Å². The predicted molar refractivity (Wildman–Crippen MR) is 140 cm³/mol. The largest absolute Gasteiger partial charge is 0.493 e. The molecule has 0 bridgehead atoms. The van der Waals surface area contributed by atoms with E-state index in [0.29, 0.717) is 25.7 Å². The topological polar surface area (TPSA) is 76.4 Å². The van der Waals surface area contributed by atoms with E-state index < -0.39 is 0 Å². The number of ether oxygens (including phenoxy) is 1. The summed E-state index contributed by atoms with van der Waals surface area (Å²) in [4.78, 5) is 4.82. The van der Waals surface area contributed by atoms with Crippen LogP contribution in [0.4, 0.5) is 4.39 Å². The van der Waals surface area contributed by atoms with Crippen molar-refractivity contribution in [3.05, 3.63) is 77.1 Å². The van der Waals surface area contributed by atoms with Gasteiger partial charge in [0.2, 0.25) is 0 Å². The summed E-state index contributed by atoms with van der Waals surface area (Å²) in [5, 5.41) is 15.4. The average Bonchev–Trinajstić information content (AvgIpc) is 3.56. The van der Waals surface area contributed by atoms with Gasteiger partial charge in [0.25, 0.3) is 0 Å². The summed E-state index contributed by atoms with van der Waals surface area (Å²) in [6, 6.07) is 15.2. The minimum absolute atomic E-state index is 0. The maximum absolute atomic E-state index is 14.5. The van der Waals surface area contributed by atoms with Crippen molar-refractivity contribution in [1.82, 2.24) is 25.4 Å². The molecule has 2 aromatic carbocycles. The first-order valence-electron chi connectivity index (χ1n) is 11.4. The lowest BCUT2D eigenvalue weighted by atomic mass is 9.95.